The minimum Gasteiger partial charge on any atom is -0.508 e. The molecule has 0 fully saturated rings. The molecule has 0 radical (unpaired) electrons. The minimum absolute atomic E-state index is 0.210. The predicted octanol–water partition coefficient (Wildman–Crippen LogP) is 5.34. The molecule has 0 spiro atoms. The second-order valence-electron chi connectivity index (χ2n) is 8.04. The average Bonchev–Trinajstić information content (AvgIpc) is 2.41. The topological polar surface area (TPSA) is 38.7 Å². The summed E-state index contributed by atoms with van der Waals surface area (Å²) in [5.41, 5.74) is 1.49. The summed E-state index contributed by atoms with van der Waals surface area (Å²) in [6.07, 6.45) is 0.642. The van der Waals surface area contributed by atoms with Crippen LogP contribution in [-0.4, -0.2) is 16.3 Å². The lowest BCUT2D eigenvalue weighted by Crippen LogP contribution is -2.23. The van der Waals surface area contributed by atoms with Crippen LogP contribution in [0.3, 0.4) is 0 Å². The SMILES string of the molecule is CC(C)(C)Oc1ccc(Cc2cc(OC(C)(C)C)ccc2O)cc1. The van der Waals surface area contributed by atoms with Gasteiger partial charge in [-0.2, -0.15) is 0 Å². The van der Waals surface area contributed by atoms with Crippen LogP contribution in [0.25, 0.3) is 0 Å². The number of aromatic hydroxyl groups is 1. The third kappa shape index (κ3) is 5.80. The van der Waals surface area contributed by atoms with Gasteiger partial charge in [-0.15, -0.1) is 0 Å². The van der Waals surface area contributed by atoms with E-state index in [1.165, 1.54) is 0 Å². The Morgan fingerprint density at radius 1 is 0.750 bits per heavy atom. The van der Waals surface area contributed by atoms with E-state index in [0.717, 1.165) is 22.6 Å². The molecule has 24 heavy (non-hydrogen) atoms. The maximum atomic E-state index is 10.1. The molecular formula is C21H28O3. The molecule has 2 rings (SSSR count). The molecule has 0 amide bonds. The lowest BCUT2D eigenvalue weighted by molar-refractivity contribution is 0.130. The molecule has 2 aromatic rings. The molecule has 130 valence electrons. The lowest BCUT2D eigenvalue weighted by Gasteiger charge is -2.22. The molecule has 0 aromatic heterocycles. The summed E-state index contributed by atoms with van der Waals surface area (Å²) in [5, 5.41) is 10.1. The third-order valence-corrected chi connectivity index (χ3v) is 3.22. The summed E-state index contributed by atoms with van der Waals surface area (Å²) in [6, 6.07) is 13.4. The van der Waals surface area contributed by atoms with E-state index in [4.69, 9.17) is 9.47 Å². The normalized spacial score (nSPS) is 12.1. The van der Waals surface area contributed by atoms with Crippen molar-refractivity contribution in [1.82, 2.24) is 0 Å². The molecule has 1 N–H and O–H groups in total. The first kappa shape index (κ1) is 18.2. The van der Waals surface area contributed by atoms with Gasteiger partial charge >= 0.3 is 0 Å². The molecule has 3 nitrogen and oxygen atoms in total. The Morgan fingerprint density at radius 2 is 1.25 bits per heavy atom. The molecule has 0 aliphatic carbocycles. The molecule has 2 aromatic carbocycles. The van der Waals surface area contributed by atoms with Gasteiger partial charge in [0.25, 0.3) is 0 Å². The molecular weight excluding hydrogens is 300 g/mol. The Kier molecular flexibility index (Phi) is 5.12. The Bertz CT molecular complexity index is 674. The van der Waals surface area contributed by atoms with Gasteiger partial charge in [0.15, 0.2) is 0 Å². The average molecular weight is 328 g/mol. The van der Waals surface area contributed by atoms with E-state index in [-0.39, 0.29) is 17.0 Å². The van der Waals surface area contributed by atoms with Crippen molar-refractivity contribution in [3.05, 3.63) is 53.6 Å². The van der Waals surface area contributed by atoms with E-state index in [1.807, 2.05) is 71.9 Å². The molecule has 3 heteroatoms. The van der Waals surface area contributed by atoms with Crippen molar-refractivity contribution in [3.63, 3.8) is 0 Å². The van der Waals surface area contributed by atoms with E-state index in [2.05, 4.69) is 0 Å². The predicted molar refractivity (Wildman–Crippen MR) is 98.1 cm³/mol. The molecule has 0 saturated carbocycles. The van der Waals surface area contributed by atoms with Gasteiger partial charge in [-0.25, -0.2) is 0 Å². The second kappa shape index (κ2) is 6.76. The zero-order valence-corrected chi connectivity index (χ0v) is 15.5. The van der Waals surface area contributed by atoms with Crippen molar-refractivity contribution in [2.24, 2.45) is 0 Å². The second-order valence-corrected chi connectivity index (χ2v) is 8.04. The van der Waals surface area contributed by atoms with Gasteiger partial charge < -0.3 is 14.6 Å². The first-order valence-electron chi connectivity index (χ1n) is 8.31. The number of phenolic OH excluding ortho intramolecular Hbond substituents is 1. The van der Waals surface area contributed by atoms with Crippen LogP contribution in [0.1, 0.15) is 52.7 Å². The van der Waals surface area contributed by atoms with Crippen molar-refractivity contribution in [1.29, 1.82) is 0 Å². The minimum atomic E-state index is -0.264. The summed E-state index contributed by atoms with van der Waals surface area (Å²) in [7, 11) is 0. The fourth-order valence-electron chi connectivity index (χ4n) is 2.37. The van der Waals surface area contributed by atoms with Crippen LogP contribution < -0.4 is 9.47 Å². The molecule has 0 atom stereocenters. The summed E-state index contributed by atoms with van der Waals surface area (Å²) in [4.78, 5) is 0. The highest BCUT2D eigenvalue weighted by molar-refractivity contribution is 5.43. The largest absolute Gasteiger partial charge is 0.508 e. The number of hydrogen-bond donors (Lipinski definition) is 1. The summed E-state index contributed by atoms with van der Waals surface area (Å²) in [6.45, 7) is 12.1. The Hall–Kier alpha value is -2.16. The van der Waals surface area contributed by atoms with Gasteiger partial charge in [0.2, 0.25) is 0 Å². The van der Waals surface area contributed by atoms with Gasteiger partial charge in [-0.1, -0.05) is 12.1 Å². The molecule has 0 heterocycles. The maximum Gasteiger partial charge on any atom is 0.120 e. The molecule has 0 bridgehead atoms. The monoisotopic (exact) mass is 328 g/mol. The van der Waals surface area contributed by atoms with Crippen LogP contribution in [0.2, 0.25) is 0 Å². The smallest absolute Gasteiger partial charge is 0.120 e. The van der Waals surface area contributed by atoms with Crippen LogP contribution in [0.15, 0.2) is 42.5 Å². The highest BCUT2D eigenvalue weighted by atomic mass is 16.5. The van der Waals surface area contributed by atoms with Crippen LogP contribution in [0.4, 0.5) is 0 Å². The van der Waals surface area contributed by atoms with Crippen LogP contribution >= 0.6 is 0 Å². The van der Waals surface area contributed by atoms with Crippen LogP contribution in [0, 0.1) is 0 Å². The Balaban J connectivity index is 2.14. The molecule has 0 saturated heterocycles. The number of benzene rings is 2. The van der Waals surface area contributed by atoms with Crippen molar-refractivity contribution in [2.45, 2.75) is 59.2 Å². The highest BCUT2D eigenvalue weighted by Gasteiger charge is 2.14. The molecule has 0 aliphatic heterocycles. The summed E-state index contributed by atoms with van der Waals surface area (Å²) >= 11 is 0. The Labute approximate surface area is 145 Å². The van der Waals surface area contributed by atoms with Crippen molar-refractivity contribution in [2.75, 3.05) is 0 Å². The number of phenols is 1. The van der Waals surface area contributed by atoms with Crippen LogP contribution in [-0.2, 0) is 6.42 Å². The first-order chi connectivity index (χ1) is 11.0. The number of rotatable bonds is 4. The van der Waals surface area contributed by atoms with E-state index >= 15 is 0 Å². The standard InChI is InChI=1S/C21H28O3/c1-20(2,3)23-17-9-7-15(8-10-17)13-16-14-18(11-12-19(16)22)24-21(4,5)6/h7-12,14,22H,13H2,1-6H3. The van der Waals surface area contributed by atoms with E-state index in [9.17, 15) is 5.11 Å². The number of ether oxygens (including phenoxy) is 2. The fraction of sp³-hybridized carbons (Fsp3) is 0.429. The maximum absolute atomic E-state index is 10.1. The zero-order valence-electron chi connectivity index (χ0n) is 15.5. The van der Waals surface area contributed by atoms with E-state index < -0.39 is 0 Å². The van der Waals surface area contributed by atoms with Gasteiger partial charge in [0.05, 0.1) is 0 Å². The van der Waals surface area contributed by atoms with E-state index in [1.54, 1.807) is 12.1 Å². The third-order valence-electron chi connectivity index (χ3n) is 3.22. The van der Waals surface area contributed by atoms with Gasteiger partial charge in [0, 0.05) is 12.0 Å². The highest BCUT2D eigenvalue weighted by Crippen LogP contribution is 2.28. The number of hydrogen-bond acceptors (Lipinski definition) is 3. The molecule has 0 aliphatic rings. The zero-order chi connectivity index (χ0) is 18.0. The quantitative estimate of drug-likeness (QED) is 0.823. The van der Waals surface area contributed by atoms with Gasteiger partial charge in [0.1, 0.15) is 28.5 Å². The van der Waals surface area contributed by atoms with E-state index in [0.29, 0.717) is 6.42 Å². The van der Waals surface area contributed by atoms with Crippen LogP contribution in [0.5, 0.6) is 17.2 Å². The lowest BCUT2D eigenvalue weighted by atomic mass is 10.0. The van der Waals surface area contributed by atoms with Crippen molar-refractivity contribution >= 4 is 0 Å². The molecule has 0 unspecified atom stereocenters. The van der Waals surface area contributed by atoms with Gasteiger partial charge in [-0.05, 0) is 77.4 Å². The van der Waals surface area contributed by atoms with Gasteiger partial charge in [-0.3, -0.25) is 0 Å². The fourth-order valence-corrected chi connectivity index (χ4v) is 2.37. The van der Waals surface area contributed by atoms with Crippen molar-refractivity contribution < 1.29 is 14.6 Å². The summed E-state index contributed by atoms with van der Waals surface area (Å²) in [5.74, 6) is 1.90. The first-order valence-corrected chi connectivity index (χ1v) is 8.31. The Morgan fingerprint density at radius 3 is 1.79 bits per heavy atom. The van der Waals surface area contributed by atoms with Crippen molar-refractivity contribution in [3.8, 4) is 17.2 Å². The summed E-state index contributed by atoms with van der Waals surface area (Å²) < 4.78 is 11.7.